The standard InChI is InChI=1S/C22H20B2ClF2N3O4/c23-14-6-12(25)7-15(24)18(14)22(26,27)21(34)28-8-10-1-2-13-11(5-10)9-30(20(13)33)16-3-4-17(31)29-19(16)32/h1-2,5-7,16H,3-4,8-9,23-24H2,(H,28,34)(H,29,31,32). The molecule has 12 heteroatoms. The Hall–Kier alpha value is -3.20. The number of benzene rings is 2. The molecule has 2 aromatic carbocycles. The Morgan fingerprint density at radius 3 is 2.50 bits per heavy atom. The molecule has 34 heavy (non-hydrogen) atoms. The highest BCUT2D eigenvalue weighted by Crippen LogP contribution is 2.29. The van der Waals surface area contributed by atoms with Gasteiger partial charge in [-0.25, -0.2) is 0 Å². The molecule has 0 aromatic heterocycles. The third-order valence-electron chi connectivity index (χ3n) is 6.14. The number of imide groups is 1. The van der Waals surface area contributed by atoms with Gasteiger partial charge in [-0.05, 0) is 35.7 Å². The molecule has 1 saturated heterocycles. The Bertz CT molecular complexity index is 1220. The summed E-state index contributed by atoms with van der Waals surface area (Å²) < 4.78 is 29.9. The lowest BCUT2D eigenvalue weighted by atomic mass is 9.78. The molecule has 1 fully saturated rings. The summed E-state index contributed by atoms with van der Waals surface area (Å²) in [6, 6.07) is 6.80. The topological polar surface area (TPSA) is 95.6 Å². The molecule has 2 aliphatic rings. The van der Waals surface area contributed by atoms with Crippen LogP contribution in [0.5, 0.6) is 0 Å². The molecule has 0 saturated carbocycles. The summed E-state index contributed by atoms with van der Waals surface area (Å²) in [5.74, 6) is -6.42. The molecule has 0 aliphatic carbocycles. The van der Waals surface area contributed by atoms with E-state index in [0.29, 0.717) is 21.7 Å². The van der Waals surface area contributed by atoms with Gasteiger partial charge in [0.15, 0.2) is 0 Å². The van der Waals surface area contributed by atoms with Crippen LogP contribution in [-0.2, 0) is 33.4 Å². The van der Waals surface area contributed by atoms with Crippen molar-refractivity contribution in [2.24, 2.45) is 0 Å². The summed E-state index contributed by atoms with van der Waals surface area (Å²) in [6.07, 6.45) is 0.389. The monoisotopic (exact) mass is 485 g/mol. The average molecular weight is 485 g/mol. The Morgan fingerprint density at radius 1 is 1.18 bits per heavy atom. The predicted octanol–water partition coefficient (Wildman–Crippen LogP) is -0.974. The van der Waals surface area contributed by atoms with Crippen LogP contribution in [0.25, 0.3) is 0 Å². The fourth-order valence-electron chi connectivity index (χ4n) is 4.55. The van der Waals surface area contributed by atoms with E-state index in [1.165, 1.54) is 32.7 Å². The summed E-state index contributed by atoms with van der Waals surface area (Å²) in [4.78, 5) is 50.1. The van der Waals surface area contributed by atoms with Gasteiger partial charge in [-0.15, -0.1) is 0 Å². The van der Waals surface area contributed by atoms with E-state index in [-0.39, 0.29) is 54.2 Å². The fourth-order valence-corrected chi connectivity index (χ4v) is 4.88. The minimum absolute atomic E-state index is 0.147. The van der Waals surface area contributed by atoms with Gasteiger partial charge in [-0.1, -0.05) is 34.7 Å². The zero-order valence-corrected chi connectivity index (χ0v) is 19.3. The van der Waals surface area contributed by atoms with Gasteiger partial charge in [0.2, 0.25) is 11.8 Å². The van der Waals surface area contributed by atoms with Gasteiger partial charge < -0.3 is 10.2 Å². The molecule has 1 atom stereocenters. The van der Waals surface area contributed by atoms with E-state index in [0.717, 1.165) is 0 Å². The predicted molar refractivity (Wildman–Crippen MR) is 126 cm³/mol. The SMILES string of the molecule is Bc1cc(Cl)cc(B)c1C(F)(F)C(=O)NCc1ccc2c(c1)CN(C1CCC(=O)NC1=O)C2=O. The van der Waals surface area contributed by atoms with E-state index in [4.69, 9.17) is 11.6 Å². The van der Waals surface area contributed by atoms with E-state index < -0.39 is 23.8 Å². The summed E-state index contributed by atoms with van der Waals surface area (Å²) in [7, 11) is 2.95. The highest BCUT2D eigenvalue weighted by atomic mass is 35.5. The van der Waals surface area contributed by atoms with Crippen LogP contribution >= 0.6 is 11.6 Å². The number of hydrogen-bond acceptors (Lipinski definition) is 4. The molecule has 4 amide bonds. The van der Waals surface area contributed by atoms with Crippen LogP contribution in [0.3, 0.4) is 0 Å². The van der Waals surface area contributed by atoms with Gasteiger partial charge in [-0.3, -0.25) is 24.5 Å². The minimum atomic E-state index is -3.76. The molecule has 7 nitrogen and oxygen atoms in total. The molecule has 4 rings (SSSR count). The Labute approximate surface area is 201 Å². The second kappa shape index (κ2) is 8.87. The number of nitrogens with one attached hydrogen (secondary N) is 2. The number of fused-ring (bicyclic) bond motifs is 1. The minimum Gasteiger partial charge on any atom is -0.346 e. The molecule has 2 aromatic rings. The number of carbonyl (C=O) groups is 4. The van der Waals surface area contributed by atoms with E-state index >= 15 is 0 Å². The van der Waals surface area contributed by atoms with Crippen LogP contribution in [0, 0.1) is 0 Å². The van der Waals surface area contributed by atoms with Crippen LogP contribution in [0.2, 0.25) is 5.02 Å². The van der Waals surface area contributed by atoms with E-state index in [1.54, 1.807) is 18.2 Å². The molecule has 0 spiro atoms. The van der Waals surface area contributed by atoms with Crippen molar-refractivity contribution in [3.63, 3.8) is 0 Å². The maximum atomic E-state index is 14.9. The van der Waals surface area contributed by atoms with Crippen LogP contribution in [0.1, 0.15) is 39.9 Å². The van der Waals surface area contributed by atoms with Crippen LogP contribution in [-0.4, -0.2) is 50.3 Å². The van der Waals surface area contributed by atoms with E-state index in [2.05, 4.69) is 10.6 Å². The first-order valence-corrected chi connectivity index (χ1v) is 11.1. The second-order valence-corrected chi connectivity index (χ2v) is 9.00. The third-order valence-corrected chi connectivity index (χ3v) is 6.36. The molecule has 2 aliphatic heterocycles. The normalized spacial score (nSPS) is 18.0. The first kappa shape index (κ1) is 23.9. The maximum Gasteiger partial charge on any atom is 0.348 e. The second-order valence-electron chi connectivity index (χ2n) is 8.56. The summed E-state index contributed by atoms with van der Waals surface area (Å²) in [5, 5.41) is 4.83. The molecular weight excluding hydrogens is 465 g/mol. The van der Waals surface area contributed by atoms with Gasteiger partial charge in [0.1, 0.15) is 21.7 Å². The molecule has 0 radical (unpaired) electrons. The van der Waals surface area contributed by atoms with Crippen molar-refractivity contribution in [2.75, 3.05) is 0 Å². The molecule has 1 unspecified atom stereocenters. The van der Waals surface area contributed by atoms with Crippen LogP contribution in [0.15, 0.2) is 30.3 Å². The quantitative estimate of drug-likeness (QED) is 0.421. The zero-order chi connectivity index (χ0) is 24.8. The third kappa shape index (κ3) is 4.32. The number of hydrogen-bond donors (Lipinski definition) is 2. The van der Waals surface area contributed by atoms with Crippen molar-refractivity contribution in [2.45, 2.75) is 37.9 Å². The molecular formula is C22H20B2ClF2N3O4. The molecule has 2 heterocycles. The Balaban J connectivity index is 1.46. The van der Waals surface area contributed by atoms with Gasteiger partial charge in [0.05, 0.1) is 0 Å². The summed E-state index contributed by atoms with van der Waals surface area (Å²) in [6.45, 7) is -0.0124. The highest BCUT2D eigenvalue weighted by molar-refractivity contribution is 6.43. The van der Waals surface area contributed by atoms with Gasteiger partial charge >= 0.3 is 5.92 Å². The van der Waals surface area contributed by atoms with Crippen molar-refractivity contribution in [1.29, 1.82) is 0 Å². The summed E-state index contributed by atoms with van der Waals surface area (Å²) in [5.41, 5.74) is 1.61. The number of amides is 4. The first-order valence-electron chi connectivity index (χ1n) is 10.7. The van der Waals surface area contributed by atoms with Crippen LogP contribution < -0.4 is 21.6 Å². The van der Waals surface area contributed by atoms with E-state index in [1.807, 2.05) is 0 Å². The van der Waals surface area contributed by atoms with Crippen molar-refractivity contribution >= 4 is 61.8 Å². The van der Waals surface area contributed by atoms with Crippen molar-refractivity contribution in [3.05, 3.63) is 57.6 Å². The number of halogens is 3. The van der Waals surface area contributed by atoms with Crippen molar-refractivity contribution in [3.8, 4) is 0 Å². The molecule has 174 valence electrons. The summed E-state index contributed by atoms with van der Waals surface area (Å²) >= 11 is 5.91. The van der Waals surface area contributed by atoms with Crippen molar-refractivity contribution in [1.82, 2.24) is 15.5 Å². The lowest BCUT2D eigenvalue weighted by Crippen LogP contribution is -2.52. The number of piperidine rings is 1. The van der Waals surface area contributed by atoms with Crippen LogP contribution in [0.4, 0.5) is 8.78 Å². The number of alkyl halides is 2. The highest BCUT2D eigenvalue weighted by Gasteiger charge is 2.43. The number of rotatable bonds is 5. The molecule has 2 N–H and O–H groups in total. The number of carbonyl (C=O) groups excluding carboxylic acids is 4. The fraction of sp³-hybridized carbons (Fsp3) is 0.273. The van der Waals surface area contributed by atoms with E-state index in [9.17, 15) is 28.0 Å². The first-order chi connectivity index (χ1) is 16.0. The Morgan fingerprint density at radius 2 is 1.85 bits per heavy atom. The smallest absolute Gasteiger partial charge is 0.346 e. The van der Waals surface area contributed by atoms with Gasteiger partial charge in [0, 0.05) is 35.7 Å². The number of nitrogens with zero attached hydrogens (tertiary/aromatic N) is 1. The lowest BCUT2D eigenvalue weighted by Gasteiger charge is -2.29. The lowest BCUT2D eigenvalue weighted by molar-refractivity contribution is -0.147. The largest absolute Gasteiger partial charge is 0.348 e. The zero-order valence-electron chi connectivity index (χ0n) is 18.5. The maximum absolute atomic E-state index is 14.9. The van der Waals surface area contributed by atoms with Gasteiger partial charge in [-0.2, -0.15) is 8.78 Å². The van der Waals surface area contributed by atoms with Gasteiger partial charge in [0.25, 0.3) is 11.8 Å². The average Bonchev–Trinajstić information content (AvgIpc) is 3.06. The Kier molecular flexibility index (Phi) is 6.24. The van der Waals surface area contributed by atoms with Crippen molar-refractivity contribution < 1.29 is 28.0 Å². The molecule has 0 bridgehead atoms.